The van der Waals surface area contributed by atoms with E-state index in [0.29, 0.717) is 19.3 Å². The van der Waals surface area contributed by atoms with E-state index in [4.69, 9.17) is 10.5 Å². The number of nitrogens with two attached hydrogens (primary N) is 1. The molecule has 0 saturated carbocycles. The number of carbonyl (C=O) groups excluding carboxylic acids is 1. The summed E-state index contributed by atoms with van der Waals surface area (Å²) in [5, 5.41) is 9.78. The first-order valence-corrected chi connectivity index (χ1v) is 7.75. The molecule has 0 saturated heterocycles. The van der Waals surface area contributed by atoms with E-state index in [2.05, 4.69) is 0 Å². The Labute approximate surface area is 133 Å². The molecule has 4 nitrogen and oxygen atoms in total. The van der Waals surface area contributed by atoms with Crippen LogP contribution in [0.2, 0.25) is 0 Å². The highest BCUT2D eigenvalue weighted by atomic mass is 16.6. The van der Waals surface area contributed by atoms with Crippen molar-refractivity contribution in [2.75, 3.05) is 0 Å². The first-order chi connectivity index (χ1) is 9.98. The number of ether oxygens (including phenoxy) is 1. The van der Waals surface area contributed by atoms with Crippen LogP contribution in [-0.4, -0.2) is 28.3 Å². The molecule has 22 heavy (non-hydrogen) atoms. The van der Waals surface area contributed by atoms with Gasteiger partial charge in [0.2, 0.25) is 0 Å². The van der Waals surface area contributed by atoms with Gasteiger partial charge in [-0.1, -0.05) is 29.8 Å². The highest BCUT2D eigenvalue weighted by Gasteiger charge is 2.28. The molecule has 0 aliphatic rings. The van der Waals surface area contributed by atoms with Crippen molar-refractivity contribution >= 4 is 5.97 Å². The molecule has 124 valence electrons. The maximum absolute atomic E-state index is 12.1. The van der Waals surface area contributed by atoms with Gasteiger partial charge < -0.3 is 15.6 Å². The van der Waals surface area contributed by atoms with E-state index in [-0.39, 0.29) is 0 Å². The number of rotatable bonds is 7. The van der Waals surface area contributed by atoms with Crippen molar-refractivity contribution in [2.45, 2.75) is 71.1 Å². The second kappa shape index (κ2) is 7.25. The minimum absolute atomic E-state index is 0.402. The fraction of sp³-hybridized carbons (Fsp3) is 0.611. The van der Waals surface area contributed by atoms with Crippen LogP contribution in [0.1, 0.15) is 51.7 Å². The number of hydrogen-bond acceptors (Lipinski definition) is 4. The fourth-order valence-electron chi connectivity index (χ4n) is 2.07. The van der Waals surface area contributed by atoms with Crippen LogP contribution in [0.3, 0.4) is 0 Å². The van der Waals surface area contributed by atoms with E-state index in [1.165, 1.54) is 5.56 Å². The molecular formula is C18H29NO3. The van der Waals surface area contributed by atoms with Gasteiger partial charge in [0.1, 0.15) is 11.6 Å². The summed E-state index contributed by atoms with van der Waals surface area (Å²) < 4.78 is 5.52. The van der Waals surface area contributed by atoms with E-state index >= 15 is 0 Å². The molecule has 1 unspecified atom stereocenters. The van der Waals surface area contributed by atoms with Gasteiger partial charge in [0.15, 0.2) is 0 Å². The quantitative estimate of drug-likeness (QED) is 0.760. The van der Waals surface area contributed by atoms with Crippen molar-refractivity contribution in [3.63, 3.8) is 0 Å². The van der Waals surface area contributed by atoms with Crippen molar-refractivity contribution in [2.24, 2.45) is 5.73 Å². The average Bonchev–Trinajstić information content (AvgIpc) is 2.38. The Hall–Kier alpha value is -1.39. The molecule has 3 N–H and O–H groups in total. The van der Waals surface area contributed by atoms with Crippen molar-refractivity contribution in [3.05, 3.63) is 35.4 Å². The van der Waals surface area contributed by atoms with Gasteiger partial charge in [0.25, 0.3) is 0 Å². The summed E-state index contributed by atoms with van der Waals surface area (Å²) in [7, 11) is 0. The Morgan fingerprint density at radius 2 is 1.73 bits per heavy atom. The average molecular weight is 307 g/mol. The minimum Gasteiger partial charge on any atom is -0.459 e. The predicted octanol–water partition coefficient (Wildman–Crippen LogP) is 2.74. The van der Waals surface area contributed by atoms with Crippen molar-refractivity contribution in [1.29, 1.82) is 0 Å². The zero-order valence-electron chi connectivity index (χ0n) is 14.3. The van der Waals surface area contributed by atoms with Gasteiger partial charge in [-0.25, -0.2) is 0 Å². The largest absolute Gasteiger partial charge is 0.459 e. The molecule has 0 aliphatic heterocycles. The van der Waals surface area contributed by atoms with E-state index in [1.807, 2.05) is 45.0 Å². The minimum atomic E-state index is -0.770. The molecule has 0 spiro atoms. The molecule has 4 heteroatoms. The van der Waals surface area contributed by atoms with Crippen LogP contribution in [0.25, 0.3) is 0 Å². The van der Waals surface area contributed by atoms with Gasteiger partial charge in [0.05, 0.1) is 5.60 Å². The molecule has 0 fully saturated rings. The van der Waals surface area contributed by atoms with Gasteiger partial charge in [-0.05, 0) is 59.4 Å². The molecule has 1 rings (SSSR count). The van der Waals surface area contributed by atoms with Crippen LogP contribution in [0.15, 0.2) is 24.3 Å². The van der Waals surface area contributed by atoms with Gasteiger partial charge in [-0.2, -0.15) is 0 Å². The van der Waals surface area contributed by atoms with Crippen molar-refractivity contribution in [1.82, 2.24) is 0 Å². The summed E-state index contributed by atoms with van der Waals surface area (Å²) >= 11 is 0. The second-order valence-corrected chi connectivity index (χ2v) is 7.29. The molecule has 0 aliphatic carbocycles. The summed E-state index contributed by atoms with van der Waals surface area (Å²) in [5.41, 5.74) is 6.74. The topological polar surface area (TPSA) is 72.6 Å². The van der Waals surface area contributed by atoms with Crippen LogP contribution >= 0.6 is 0 Å². The summed E-state index contributed by atoms with van der Waals surface area (Å²) in [6.07, 6.45) is 1.60. The maximum Gasteiger partial charge on any atom is 0.323 e. The third-order valence-corrected chi connectivity index (χ3v) is 3.59. The monoisotopic (exact) mass is 307 g/mol. The smallest absolute Gasteiger partial charge is 0.323 e. The van der Waals surface area contributed by atoms with E-state index in [1.54, 1.807) is 13.8 Å². The summed E-state index contributed by atoms with van der Waals surface area (Å²) in [6.45, 7) is 9.19. The zero-order chi connectivity index (χ0) is 17.0. The number of carbonyl (C=O) groups is 1. The Morgan fingerprint density at radius 3 is 2.23 bits per heavy atom. The fourth-order valence-corrected chi connectivity index (χ4v) is 2.07. The highest BCUT2D eigenvalue weighted by Crippen LogP contribution is 2.23. The Kier molecular flexibility index (Phi) is 6.15. The highest BCUT2D eigenvalue weighted by molar-refractivity contribution is 5.76. The second-order valence-electron chi connectivity index (χ2n) is 7.29. The SMILES string of the molecule is Cc1ccc(CC(N)C(=O)OC(C)(C)CCC(C)(C)O)cc1. The molecule has 0 heterocycles. The van der Waals surface area contributed by atoms with Gasteiger partial charge in [-0.15, -0.1) is 0 Å². The van der Waals surface area contributed by atoms with Crippen molar-refractivity contribution in [3.8, 4) is 0 Å². The first-order valence-electron chi connectivity index (χ1n) is 7.75. The van der Waals surface area contributed by atoms with Crippen LogP contribution in [-0.2, 0) is 16.0 Å². The lowest BCUT2D eigenvalue weighted by Gasteiger charge is -2.29. The number of hydrogen-bond donors (Lipinski definition) is 2. The maximum atomic E-state index is 12.1. The lowest BCUT2D eigenvalue weighted by molar-refractivity contribution is -0.159. The Bertz CT molecular complexity index is 486. The lowest BCUT2D eigenvalue weighted by atomic mass is 9.94. The molecule has 1 atom stereocenters. The first kappa shape index (κ1) is 18.7. The predicted molar refractivity (Wildman–Crippen MR) is 88.6 cm³/mol. The number of benzene rings is 1. The van der Waals surface area contributed by atoms with Crippen molar-refractivity contribution < 1.29 is 14.6 Å². The van der Waals surface area contributed by atoms with E-state index < -0.39 is 23.2 Å². The molecule has 0 bridgehead atoms. The molecule has 0 amide bonds. The Morgan fingerprint density at radius 1 is 1.18 bits per heavy atom. The molecule has 1 aromatic rings. The standard InChI is InChI=1S/C18H29NO3/c1-13-6-8-14(9-7-13)12-15(19)16(20)22-18(4,5)11-10-17(2,3)21/h6-9,15,21H,10-12,19H2,1-5H3. The molecule has 1 aromatic carbocycles. The van der Waals surface area contributed by atoms with Crippen LogP contribution < -0.4 is 5.73 Å². The molecular weight excluding hydrogens is 278 g/mol. The Balaban J connectivity index is 2.54. The number of aliphatic hydroxyl groups is 1. The van der Waals surface area contributed by atoms with Gasteiger partial charge in [0, 0.05) is 0 Å². The summed E-state index contributed by atoms with van der Waals surface area (Å²) in [5.74, 6) is -0.402. The lowest BCUT2D eigenvalue weighted by Crippen LogP contribution is -2.40. The summed E-state index contributed by atoms with van der Waals surface area (Å²) in [6, 6.07) is 7.27. The van der Waals surface area contributed by atoms with Crippen LogP contribution in [0.4, 0.5) is 0 Å². The summed E-state index contributed by atoms with van der Waals surface area (Å²) in [4.78, 5) is 12.1. The third kappa shape index (κ3) is 7.05. The molecule has 0 aromatic heterocycles. The normalized spacial score (nSPS) is 13.8. The number of aryl methyl sites for hydroxylation is 1. The number of esters is 1. The van der Waals surface area contributed by atoms with E-state index in [9.17, 15) is 9.90 Å². The third-order valence-electron chi connectivity index (χ3n) is 3.59. The molecule has 0 radical (unpaired) electrons. The van der Waals surface area contributed by atoms with Gasteiger partial charge >= 0.3 is 5.97 Å². The zero-order valence-corrected chi connectivity index (χ0v) is 14.3. The van der Waals surface area contributed by atoms with Gasteiger partial charge in [-0.3, -0.25) is 4.79 Å². The van der Waals surface area contributed by atoms with E-state index in [0.717, 1.165) is 5.56 Å². The van der Waals surface area contributed by atoms with Crippen LogP contribution in [0, 0.1) is 6.92 Å². The van der Waals surface area contributed by atoms with Crippen LogP contribution in [0.5, 0.6) is 0 Å².